The Bertz CT molecular complexity index is 3610. The van der Waals surface area contributed by atoms with Crippen molar-refractivity contribution in [2.24, 2.45) is 0 Å². The molecule has 0 aliphatic rings. The van der Waals surface area contributed by atoms with Gasteiger partial charge in [0, 0.05) is 53.2 Å². The van der Waals surface area contributed by atoms with Gasteiger partial charge in [0.1, 0.15) is 0 Å². The van der Waals surface area contributed by atoms with Crippen molar-refractivity contribution in [2.45, 2.75) is 0 Å². The van der Waals surface area contributed by atoms with E-state index < -0.39 is 0 Å². The fraction of sp³-hybridized carbons (Fsp3) is 0. The van der Waals surface area contributed by atoms with Crippen LogP contribution in [0.25, 0.3) is 115 Å². The van der Waals surface area contributed by atoms with Crippen LogP contribution in [0.4, 0.5) is 0 Å². The number of nitrogens with zero attached hydrogens (tertiary/aromatic N) is 4. The van der Waals surface area contributed by atoms with Crippen LogP contribution in [-0.2, 0) is 0 Å². The van der Waals surface area contributed by atoms with Crippen molar-refractivity contribution >= 4 is 64.1 Å². The van der Waals surface area contributed by atoms with E-state index in [-0.39, 0.29) is 0 Å². The molecule has 60 heavy (non-hydrogen) atoms. The molecule has 280 valence electrons. The predicted octanol–water partition coefficient (Wildman–Crippen LogP) is 14.8. The van der Waals surface area contributed by atoms with Gasteiger partial charge in [0.15, 0.2) is 17.5 Å². The summed E-state index contributed by atoms with van der Waals surface area (Å²) in [5, 5.41) is 7.33. The molecule has 0 fully saturated rings. The second-order valence-electron chi connectivity index (χ2n) is 15.2. The zero-order chi connectivity index (χ0) is 39.6. The Balaban J connectivity index is 1.12. The van der Waals surface area contributed by atoms with Gasteiger partial charge in [-0.3, -0.25) is 0 Å². The van der Waals surface area contributed by atoms with Crippen LogP contribution in [0.15, 0.2) is 206 Å². The molecule has 0 amide bonds. The number of fused-ring (bicyclic) bond motifs is 7. The number of thiophene rings is 1. The third-order valence-electron chi connectivity index (χ3n) is 11.6. The van der Waals surface area contributed by atoms with Gasteiger partial charge in [0.2, 0.25) is 0 Å². The Labute approximate surface area is 350 Å². The van der Waals surface area contributed by atoms with E-state index >= 15 is 0 Å². The summed E-state index contributed by atoms with van der Waals surface area (Å²) in [6.45, 7) is 0. The number of benzene rings is 9. The first-order valence-corrected chi connectivity index (χ1v) is 21.0. The molecule has 12 rings (SSSR count). The zero-order valence-electron chi connectivity index (χ0n) is 32.3. The summed E-state index contributed by atoms with van der Waals surface area (Å²) in [5.74, 6) is 1.92. The second-order valence-corrected chi connectivity index (χ2v) is 16.3. The summed E-state index contributed by atoms with van der Waals surface area (Å²) in [6, 6.07) is 73.5. The Kier molecular flexibility index (Phi) is 8.00. The third-order valence-corrected chi connectivity index (χ3v) is 12.8. The second kappa shape index (κ2) is 14.0. The Morgan fingerprint density at radius 3 is 1.78 bits per heavy atom. The van der Waals surface area contributed by atoms with Crippen LogP contribution >= 0.6 is 11.3 Å². The van der Waals surface area contributed by atoms with E-state index in [0.29, 0.717) is 17.5 Å². The number of hydrogen-bond acceptors (Lipinski definition) is 4. The van der Waals surface area contributed by atoms with Gasteiger partial charge in [-0.15, -0.1) is 11.3 Å². The first-order valence-electron chi connectivity index (χ1n) is 20.2. The van der Waals surface area contributed by atoms with Crippen LogP contribution < -0.4 is 0 Å². The maximum atomic E-state index is 5.32. The van der Waals surface area contributed by atoms with E-state index in [1.807, 2.05) is 18.2 Å². The number of aromatic nitrogens is 4. The summed E-state index contributed by atoms with van der Waals surface area (Å²) in [6.07, 6.45) is 0. The van der Waals surface area contributed by atoms with Crippen LogP contribution in [0.5, 0.6) is 0 Å². The number of rotatable bonds is 6. The van der Waals surface area contributed by atoms with Gasteiger partial charge in [0.05, 0.1) is 16.7 Å². The molecule has 0 unspecified atom stereocenters. The smallest absolute Gasteiger partial charge is 0.165 e. The molecule has 0 saturated carbocycles. The molecule has 9 aromatic carbocycles. The lowest BCUT2D eigenvalue weighted by molar-refractivity contribution is 1.08. The van der Waals surface area contributed by atoms with Gasteiger partial charge in [-0.25, -0.2) is 15.0 Å². The lowest BCUT2D eigenvalue weighted by Gasteiger charge is -2.17. The van der Waals surface area contributed by atoms with E-state index in [2.05, 4.69) is 193 Å². The van der Waals surface area contributed by atoms with Gasteiger partial charge in [-0.1, -0.05) is 152 Å². The van der Waals surface area contributed by atoms with Crippen LogP contribution in [-0.4, -0.2) is 19.5 Å². The highest BCUT2D eigenvalue weighted by atomic mass is 32.1. The standard InChI is InChI=1S/C55H34N4S/c1-3-15-35(16-4-1)37-21-13-22-40(31-37)46-33-41(29-30-49(46)59-48-27-11-9-23-42(48)47-32-38-19-7-8-20-39(38)34-50(47)59)54-56-53(36-17-5-2-6-18-36)57-55(58-54)45-26-14-25-44-43-24-10-12-28-51(43)60-52(44)45/h1-34H. The summed E-state index contributed by atoms with van der Waals surface area (Å²) < 4.78 is 4.85. The lowest BCUT2D eigenvalue weighted by Crippen LogP contribution is -2.02. The first-order chi connectivity index (χ1) is 29.7. The molecule has 0 aliphatic carbocycles. The lowest BCUT2D eigenvalue weighted by atomic mass is 9.96. The van der Waals surface area contributed by atoms with Crippen molar-refractivity contribution in [1.29, 1.82) is 0 Å². The molecule has 0 spiro atoms. The van der Waals surface area contributed by atoms with E-state index in [1.54, 1.807) is 11.3 Å². The molecule has 0 atom stereocenters. The van der Waals surface area contributed by atoms with Crippen molar-refractivity contribution in [3.05, 3.63) is 206 Å². The first kappa shape index (κ1) is 34.3. The molecule has 3 aromatic heterocycles. The summed E-state index contributed by atoms with van der Waals surface area (Å²) in [7, 11) is 0. The SMILES string of the molecule is c1ccc(-c2cccc(-c3cc(-c4nc(-c5ccccc5)nc(-c5cccc6c5sc5ccccc56)n4)ccc3-n3c4ccccc4c4cc5ccccc5cc43)c2)cc1. The van der Waals surface area contributed by atoms with Gasteiger partial charge in [0.25, 0.3) is 0 Å². The normalized spacial score (nSPS) is 11.7. The minimum atomic E-state index is 0.622. The van der Waals surface area contributed by atoms with E-state index in [0.717, 1.165) is 50.1 Å². The summed E-state index contributed by atoms with van der Waals surface area (Å²) in [4.78, 5) is 15.7. The van der Waals surface area contributed by atoms with E-state index in [9.17, 15) is 0 Å². The molecule has 0 radical (unpaired) electrons. The molecule has 0 N–H and O–H groups in total. The van der Waals surface area contributed by atoms with Crippen LogP contribution in [0.3, 0.4) is 0 Å². The molecule has 5 heteroatoms. The van der Waals surface area contributed by atoms with Crippen molar-refractivity contribution in [1.82, 2.24) is 19.5 Å². The summed E-state index contributed by atoms with van der Waals surface area (Å²) in [5.41, 5.74) is 10.8. The van der Waals surface area contributed by atoms with Gasteiger partial charge < -0.3 is 4.57 Å². The van der Waals surface area contributed by atoms with Gasteiger partial charge >= 0.3 is 0 Å². The number of para-hydroxylation sites is 1. The molecule has 0 saturated heterocycles. The van der Waals surface area contributed by atoms with Crippen molar-refractivity contribution in [3.63, 3.8) is 0 Å². The molecule has 0 aliphatic heterocycles. The Morgan fingerprint density at radius 1 is 0.333 bits per heavy atom. The number of hydrogen-bond donors (Lipinski definition) is 0. The third kappa shape index (κ3) is 5.70. The highest BCUT2D eigenvalue weighted by molar-refractivity contribution is 7.26. The van der Waals surface area contributed by atoms with Crippen LogP contribution in [0.1, 0.15) is 0 Å². The predicted molar refractivity (Wildman–Crippen MR) is 252 cm³/mol. The maximum absolute atomic E-state index is 5.32. The zero-order valence-corrected chi connectivity index (χ0v) is 33.1. The van der Waals surface area contributed by atoms with Gasteiger partial charge in [-0.05, 0) is 82.1 Å². The van der Waals surface area contributed by atoms with Crippen molar-refractivity contribution in [2.75, 3.05) is 0 Å². The highest BCUT2D eigenvalue weighted by Gasteiger charge is 2.21. The maximum Gasteiger partial charge on any atom is 0.165 e. The Morgan fingerprint density at radius 2 is 0.950 bits per heavy atom. The minimum Gasteiger partial charge on any atom is -0.309 e. The van der Waals surface area contributed by atoms with E-state index in [1.165, 1.54) is 47.3 Å². The van der Waals surface area contributed by atoms with Crippen molar-refractivity contribution in [3.8, 4) is 62.1 Å². The fourth-order valence-electron chi connectivity index (χ4n) is 8.78. The van der Waals surface area contributed by atoms with Crippen LogP contribution in [0, 0.1) is 0 Å². The largest absolute Gasteiger partial charge is 0.309 e. The van der Waals surface area contributed by atoms with Crippen molar-refractivity contribution < 1.29 is 0 Å². The molecule has 0 bridgehead atoms. The fourth-order valence-corrected chi connectivity index (χ4v) is 9.99. The molecule has 3 heterocycles. The highest BCUT2D eigenvalue weighted by Crippen LogP contribution is 2.42. The van der Waals surface area contributed by atoms with E-state index in [4.69, 9.17) is 15.0 Å². The minimum absolute atomic E-state index is 0.622. The molecular formula is C55H34N4S. The molecular weight excluding hydrogens is 749 g/mol. The van der Waals surface area contributed by atoms with Crippen LogP contribution in [0.2, 0.25) is 0 Å². The average Bonchev–Trinajstić information content (AvgIpc) is 3.86. The molecule has 4 nitrogen and oxygen atoms in total. The summed E-state index contributed by atoms with van der Waals surface area (Å²) >= 11 is 1.79. The Hall–Kier alpha value is -7.73. The quantitative estimate of drug-likeness (QED) is 0.169. The monoisotopic (exact) mass is 782 g/mol. The molecule has 12 aromatic rings. The average molecular weight is 783 g/mol. The van der Waals surface area contributed by atoms with Gasteiger partial charge in [-0.2, -0.15) is 0 Å². The topological polar surface area (TPSA) is 43.6 Å².